The number of nitrogens with zero attached hydrogens (tertiary/aromatic N) is 2. The van der Waals surface area contributed by atoms with Gasteiger partial charge in [-0.05, 0) is 20.8 Å². The molecule has 1 aromatic heterocycles. The van der Waals surface area contributed by atoms with Crippen molar-refractivity contribution in [3.05, 3.63) is 18.0 Å². The first kappa shape index (κ1) is 13.9. The summed E-state index contributed by atoms with van der Waals surface area (Å²) in [7, 11) is -1.44. The lowest BCUT2D eigenvalue weighted by Crippen LogP contribution is -2.25. The van der Waals surface area contributed by atoms with E-state index in [1.165, 1.54) is 12.3 Å². The van der Waals surface area contributed by atoms with E-state index in [1.807, 2.05) is 0 Å². The van der Waals surface area contributed by atoms with E-state index in [1.54, 1.807) is 20.8 Å². The molecule has 0 amide bonds. The second kappa shape index (κ2) is 4.52. The molecule has 0 N–H and O–H groups in total. The van der Waals surface area contributed by atoms with Crippen molar-refractivity contribution in [3.8, 4) is 11.5 Å². The van der Waals surface area contributed by atoms with Gasteiger partial charge in [0.2, 0.25) is 0 Å². The number of aromatic nitrogens is 1. The molecule has 0 saturated carbocycles. The van der Waals surface area contributed by atoms with E-state index in [0.29, 0.717) is 0 Å². The van der Waals surface area contributed by atoms with Crippen molar-refractivity contribution in [1.82, 2.24) is 4.98 Å². The molecule has 1 unspecified atom stereocenters. The summed E-state index contributed by atoms with van der Waals surface area (Å²) in [6.45, 7) is 5.32. The molecular weight excluding hydrogens is 278 g/mol. The van der Waals surface area contributed by atoms with Gasteiger partial charge in [0.25, 0.3) is 0 Å². The largest absolute Gasteiger partial charge is 0.586 e. The average Bonchev–Trinajstić information content (AvgIpc) is 2.57. The third-order valence-corrected chi connectivity index (χ3v) is 3.46. The molecule has 1 aliphatic rings. The molecule has 0 saturated heterocycles. The van der Waals surface area contributed by atoms with Crippen LogP contribution in [0.15, 0.2) is 16.7 Å². The third kappa shape index (κ3) is 3.25. The highest BCUT2D eigenvalue weighted by molar-refractivity contribution is 7.85. The van der Waals surface area contributed by atoms with Crippen LogP contribution in [0.1, 0.15) is 26.5 Å². The fourth-order valence-electron chi connectivity index (χ4n) is 1.20. The van der Waals surface area contributed by atoms with Crippen molar-refractivity contribution in [2.24, 2.45) is 4.40 Å². The molecule has 104 valence electrons. The standard InChI is InChI=1S/C11H12F2N2O3S/c1-10(2,3)19(16)15-5-7-4-8-9(6-14-7)18-11(12,13)17-8/h4-6H,1-3H3/b15-5+. The van der Waals surface area contributed by atoms with Crippen molar-refractivity contribution >= 4 is 17.2 Å². The summed E-state index contributed by atoms with van der Waals surface area (Å²) in [6.07, 6.45) is -1.31. The molecule has 2 rings (SSSR count). The molecule has 8 heteroatoms. The zero-order chi connectivity index (χ0) is 14.3. The second-order valence-electron chi connectivity index (χ2n) is 4.82. The number of hydrogen-bond acceptors (Lipinski definition) is 4. The SMILES string of the molecule is CC(C)(C)S(=O)/N=C/c1cc2c(cn1)OC(F)(F)O2. The highest BCUT2D eigenvalue weighted by Gasteiger charge is 2.43. The van der Waals surface area contributed by atoms with Crippen molar-refractivity contribution < 1.29 is 22.5 Å². The zero-order valence-electron chi connectivity index (χ0n) is 10.5. The zero-order valence-corrected chi connectivity index (χ0v) is 11.3. The highest BCUT2D eigenvalue weighted by atomic mass is 32.2. The first-order valence-electron chi connectivity index (χ1n) is 5.39. The Hall–Kier alpha value is -1.57. The number of alkyl halides is 2. The summed E-state index contributed by atoms with van der Waals surface area (Å²) in [5, 5.41) is 0. The van der Waals surface area contributed by atoms with E-state index >= 15 is 0 Å². The van der Waals surface area contributed by atoms with Crippen LogP contribution in [0, 0.1) is 0 Å². The lowest BCUT2D eigenvalue weighted by Gasteiger charge is -2.12. The van der Waals surface area contributed by atoms with E-state index in [-0.39, 0.29) is 17.2 Å². The quantitative estimate of drug-likeness (QED) is 0.784. The molecule has 0 fully saturated rings. The molecular formula is C11H12F2N2O3S. The van der Waals surface area contributed by atoms with Crippen molar-refractivity contribution in [1.29, 1.82) is 0 Å². The fourth-order valence-corrected chi connectivity index (χ4v) is 1.72. The minimum atomic E-state index is -3.67. The van der Waals surface area contributed by atoms with Crippen LogP contribution >= 0.6 is 0 Å². The molecule has 1 atom stereocenters. The molecule has 1 aromatic rings. The van der Waals surface area contributed by atoms with Gasteiger partial charge in [-0.1, -0.05) is 0 Å². The van der Waals surface area contributed by atoms with Crippen LogP contribution in [0.4, 0.5) is 8.78 Å². The van der Waals surface area contributed by atoms with E-state index < -0.39 is 22.0 Å². The fraction of sp³-hybridized carbons (Fsp3) is 0.455. The van der Waals surface area contributed by atoms with Gasteiger partial charge in [0.05, 0.1) is 22.9 Å². The lowest BCUT2D eigenvalue weighted by molar-refractivity contribution is -0.286. The van der Waals surface area contributed by atoms with Crippen LogP contribution in [0.5, 0.6) is 11.5 Å². The van der Waals surface area contributed by atoms with Gasteiger partial charge in [-0.15, -0.1) is 8.78 Å². The maximum atomic E-state index is 12.8. The normalized spacial score (nSPS) is 18.8. The Kier molecular flexibility index (Phi) is 3.29. The number of pyridine rings is 1. The molecule has 19 heavy (non-hydrogen) atoms. The summed E-state index contributed by atoms with van der Waals surface area (Å²) < 4.78 is 49.1. The number of fused-ring (bicyclic) bond motifs is 1. The topological polar surface area (TPSA) is 60.8 Å². The first-order chi connectivity index (χ1) is 8.67. The Balaban J connectivity index is 2.17. The Labute approximate surface area is 111 Å². The van der Waals surface area contributed by atoms with E-state index in [9.17, 15) is 13.0 Å². The number of ether oxygens (including phenoxy) is 2. The van der Waals surface area contributed by atoms with Gasteiger partial charge in [-0.25, -0.2) is 4.21 Å². The Morgan fingerprint density at radius 3 is 2.63 bits per heavy atom. The number of rotatable bonds is 2. The van der Waals surface area contributed by atoms with E-state index in [0.717, 1.165) is 6.20 Å². The summed E-state index contributed by atoms with van der Waals surface area (Å²) in [6, 6.07) is 1.25. The minimum Gasteiger partial charge on any atom is -0.395 e. The van der Waals surface area contributed by atoms with Gasteiger partial charge < -0.3 is 9.47 Å². The number of halogens is 2. The Bertz CT molecular complexity index is 555. The predicted octanol–water partition coefficient (Wildman–Crippen LogP) is 2.28. The average molecular weight is 290 g/mol. The predicted molar refractivity (Wildman–Crippen MR) is 65.9 cm³/mol. The Morgan fingerprint density at radius 1 is 1.37 bits per heavy atom. The van der Waals surface area contributed by atoms with Crippen molar-refractivity contribution in [2.75, 3.05) is 0 Å². The van der Waals surface area contributed by atoms with Crippen LogP contribution in [0.25, 0.3) is 0 Å². The smallest absolute Gasteiger partial charge is 0.395 e. The summed E-state index contributed by atoms with van der Waals surface area (Å²) in [5.41, 5.74) is 0.262. The maximum Gasteiger partial charge on any atom is 0.586 e. The molecule has 0 aromatic carbocycles. The molecule has 0 radical (unpaired) electrons. The monoisotopic (exact) mass is 290 g/mol. The maximum absolute atomic E-state index is 12.8. The van der Waals surface area contributed by atoms with Crippen molar-refractivity contribution in [2.45, 2.75) is 31.8 Å². The molecule has 5 nitrogen and oxygen atoms in total. The summed E-state index contributed by atoms with van der Waals surface area (Å²) in [4.78, 5) is 3.85. The van der Waals surface area contributed by atoms with Crippen molar-refractivity contribution in [3.63, 3.8) is 0 Å². The van der Waals surface area contributed by atoms with Gasteiger partial charge in [0.1, 0.15) is 11.0 Å². The highest BCUT2D eigenvalue weighted by Crippen LogP contribution is 2.40. The summed E-state index contributed by atoms with van der Waals surface area (Å²) in [5.74, 6) is -0.262. The summed E-state index contributed by atoms with van der Waals surface area (Å²) >= 11 is 0. The van der Waals surface area contributed by atoms with E-state index in [4.69, 9.17) is 0 Å². The van der Waals surface area contributed by atoms with Crippen LogP contribution in [0.3, 0.4) is 0 Å². The van der Waals surface area contributed by atoms with Crippen LogP contribution < -0.4 is 9.47 Å². The second-order valence-corrected chi connectivity index (χ2v) is 6.75. The lowest BCUT2D eigenvalue weighted by atomic mass is 10.3. The first-order valence-corrected chi connectivity index (χ1v) is 6.50. The molecule has 1 aliphatic heterocycles. The molecule has 0 spiro atoms. The van der Waals surface area contributed by atoms with Gasteiger partial charge in [0.15, 0.2) is 11.5 Å². The number of hydrogen-bond donors (Lipinski definition) is 0. The molecule has 2 heterocycles. The van der Waals surface area contributed by atoms with Gasteiger partial charge in [-0.2, -0.15) is 4.40 Å². The van der Waals surface area contributed by atoms with Gasteiger partial charge in [0, 0.05) is 6.07 Å². The third-order valence-electron chi connectivity index (χ3n) is 2.11. The van der Waals surface area contributed by atoms with Crippen LogP contribution in [-0.2, 0) is 11.0 Å². The molecule has 0 bridgehead atoms. The van der Waals surface area contributed by atoms with Gasteiger partial charge in [-0.3, -0.25) is 4.98 Å². The van der Waals surface area contributed by atoms with E-state index in [2.05, 4.69) is 18.9 Å². The van der Waals surface area contributed by atoms with Crippen LogP contribution in [0.2, 0.25) is 0 Å². The minimum absolute atomic E-state index is 0.122. The van der Waals surface area contributed by atoms with Crippen LogP contribution in [-0.4, -0.2) is 26.4 Å². The Morgan fingerprint density at radius 2 is 2.00 bits per heavy atom. The molecule has 0 aliphatic carbocycles. The van der Waals surface area contributed by atoms with Gasteiger partial charge >= 0.3 is 6.29 Å².